The van der Waals surface area contributed by atoms with E-state index in [1.807, 2.05) is 0 Å². The molecule has 1 aromatic rings. The quantitative estimate of drug-likeness (QED) is 0.761. The SMILES string of the molecule is CC(C)(C)OC(=O)C(N)c1ccc(CN)nc1. The largest absolute Gasteiger partial charge is 0.459 e. The maximum Gasteiger partial charge on any atom is 0.328 e. The van der Waals surface area contributed by atoms with Crippen LogP contribution < -0.4 is 11.5 Å². The number of carbonyl (C=O) groups is 1. The van der Waals surface area contributed by atoms with Gasteiger partial charge in [0, 0.05) is 12.7 Å². The molecule has 17 heavy (non-hydrogen) atoms. The van der Waals surface area contributed by atoms with E-state index in [2.05, 4.69) is 4.98 Å². The molecule has 0 aliphatic heterocycles. The molecule has 0 aromatic carbocycles. The second kappa shape index (κ2) is 5.25. The third kappa shape index (κ3) is 4.13. The van der Waals surface area contributed by atoms with Crippen LogP contribution in [0.3, 0.4) is 0 Å². The van der Waals surface area contributed by atoms with E-state index in [1.54, 1.807) is 39.1 Å². The van der Waals surface area contributed by atoms with Crippen molar-refractivity contribution in [2.75, 3.05) is 0 Å². The summed E-state index contributed by atoms with van der Waals surface area (Å²) in [6, 6.07) is 2.68. The van der Waals surface area contributed by atoms with Gasteiger partial charge >= 0.3 is 5.97 Å². The third-order valence-corrected chi connectivity index (χ3v) is 2.08. The molecule has 5 nitrogen and oxygen atoms in total. The van der Waals surface area contributed by atoms with E-state index in [-0.39, 0.29) is 0 Å². The summed E-state index contributed by atoms with van der Waals surface area (Å²) in [4.78, 5) is 15.8. The molecule has 0 radical (unpaired) electrons. The number of hydrogen-bond acceptors (Lipinski definition) is 5. The zero-order valence-corrected chi connectivity index (χ0v) is 10.4. The second-order valence-electron chi connectivity index (χ2n) is 4.80. The Morgan fingerprint density at radius 3 is 2.53 bits per heavy atom. The Morgan fingerprint density at radius 1 is 1.47 bits per heavy atom. The third-order valence-electron chi connectivity index (χ3n) is 2.08. The minimum absolute atomic E-state index is 0.363. The molecule has 1 unspecified atom stereocenters. The number of rotatable bonds is 3. The number of nitrogens with zero attached hydrogens (tertiary/aromatic N) is 1. The number of pyridine rings is 1. The summed E-state index contributed by atoms with van der Waals surface area (Å²) in [6.45, 7) is 5.76. The highest BCUT2D eigenvalue weighted by atomic mass is 16.6. The molecule has 1 atom stereocenters. The van der Waals surface area contributed by atoms with Crippen molar-refractivity contribution in [2.24, 2.45) is 11.5 Å². The summed E-state index contributed by atoms with van der Waals surface area (Å²) in [5.41, 5.74) is 12.1. The molecule has 94 valence electrons. The van der Waals surface area contributed by atoms with Gasteiger partial charge in [-0.2, -0.15) is 0 Å². The monoisotopic (exact) mass is 237 g/mol. The Kier molecular flexibility index (Phi) is 4.20. The number of nitrogens with two attached hydrogens (primary N) is 2. The fourth-order valence-corrected chi connectivity index (χ4v) is 1.24. The van der Waals surface area contributed by atoms with Crippen molar-refractivity contribution in [1.29, 1.82) is 0 Å². The normalized spacial score (nSPS) is 13.2. The van der Waals surface area contributed by atoms with Crippen LogP contribution >= 0.6 is 0 Å². The van der Waals surface area contributed by atoms with Crippen LogP contribution in [-0.4, -0.2) is 16.6 Å². The lowest BCUT2D eigenvalue weighted by Gasteiger charge is -2.22. The van der Waals surface area contributed by atoms with Crippen molar-refractivity contribution >= 4 is 5.97 Å². The van der Waals surface area contributed by atoms with Crippen LogP contribution in [0.4, 0.5) is 0 Å². The number of carbonyl (C=O) groups excluding carboxylic acids is 1. The van der Waals surface area contributed by atoms with Crippen LogP contribution in [0.2, 0.25) is 0 Å². The highest BCUT2D eigenvalue weighted by molar-refractivity contribution is 5.77. The minimum atomic E-state index is -0.812. The fourth-order valence-electron chi connectivity index (χ4n) is 1.24. The smallest absolute Gasteiger partial charge is 0.328 e. The highest BCUT2D eigenvalue weighted by Gasteiger charge is 2.23. The Hall–Kier alpha value is -1.46. The zero-order chi connectivity index (χ0) is 13.1. The van der Waals surface area contributed by atoms with Crippen molar-refractivity contribution in [2.45, 2.75) is 39.0 Å². The first-order valence-electron chi connectivity index (χ1n) is 5.47. The summed E-state index contributed by atoms with van der Waals surface area (Å²) in [5.74, 6) is -0.459. The minimum Gasteiger partial charge on any atom is -0.459 e. The topological polar surface area (TPSA) is 91.2 Å². The molecule has 4 N–H and O–H groups in total. The Balaban J connectivity index is 2.74. The summed E-state index contributed by atoms with van der Waals surface area (Å²) < 4.78 is 5.19. The van der Waals surface area contributed by atoms with Gasteiger partial charge in [0.15, 0.2) is 0 Å². The molecule has 0 saturated carbocycles. The molecule has 0 spiro atoms. The van der Waals surface area contributed by atoms with Crippen molar-refractivity contribution < 1.29 is 9.53 Å². The first-order valence-corrected chi connectivity index (χ1v) is 5.47. The molecular weight excluding hydrogens is 218 g/mol. The number of hydrogen-bond donors (Lipinski definition) is 2. The second-order valence-corrected chi connectivity index (χ2v) is 4.80. The number of esters is 1. The van der Waals surface area contributed by atoms with E-state index in [1.165, 1.54) is 0 Å². The fraction of sp³-hybridized carbons (Fsp3) is 0.500. The summed E-state index contributed by atoms with van der Waals surface area (Å²) in [5, 5.41) is 0. The number of ether oxygens (including phenoxy) is 1. The van der Waals surface area contributed by atoms with Crippen LogP contribution in [0.1, 0.15) is 38.1 Å². The summed E-state index contributed by atoms with van der Waals surface area (Å²) in [6.07, 6.45) is 1.55. The van der Waals surface area contributed by atoms with Gasteiger partial charge in [0.2, 0.25) is 0 Å². The van der Waals surface area contributed by atoms with Gasteiger partial charge in [-0.15, -0.1) is 0 Å². The lowest BCUT2D eigenvalue weighted by Crippen LogP contribution is -2.31. The average Bonchev–Trinajstić information content (AvgIpc) is 2.26. The van der Waals surface area contributed by atoms with Crippen LogP contribution in [-0.2, 0) is 16.1 Å². The van der Waals surface area contributed by atoms with Crippen LogP contribution in [0.25, 0.3) is 0 Å². The van der Waals surface area contributed by atoms with Gasteiger partial charge in [0.05, 0.1) is 5.69 Å². The molecule has 0 saturated heterocycles. The van der Waals surface area contributed by atoms with Crippen LogP contribution in [0.15, 0.2) is 18.3 Å². The molecular formula is C12H19N3O2. The molecule has 0 aliphatic carbocycles. The standard InChI is InChI=1S/C12H19N3O2/c1-12(2,3)17-11(16)10(14)8-4-5-9(6-13)15-7-8/h4-5,7,10H,6,13-14H2,1-3H3. The Morgan fingerprint density at radius 2 is 2.12 bits per heavy atom. The number of aromatic nitrogens is 1. The predicted molar refractivity (Wildman–Crippen MR) is 64.9 cm³/mol. The molecule has 5 heteroatoms. The lowest BCUT2D eigenvalue weighted by atomic mass is 10.1. The van der Waals surface area contributed by atoms with Gasteiger partial charge in [0.1, 0.15) is 11.6 Å². The van der Waals surface area contributed by atoms with Gasteiger partial charge in [0.25, 0.3) is 0 Å². The molecule has 0 bridgehead atoms. The Bertz CT molecular complexity index is 382. The Labute approximate surface area is 101 Å². The van der Waals surface area contributed by atoms with Crippen molar-refractivity contribution in [3.8, 4) is 0 Å². The highest BCUT2D eigenvalue weighted by Crippen LogP contribution is 2.16. The van der Waals surface area contributed by atoms with E-state index in [9.17, 15) is 4.79 Å². The van der Waals surface area contributed by atoms with Crippen LogP contribution in [0.5, 0.6) is 0 Å². The molecule has 1 heterocycles. The molecule has 0 amide bonds. The average molecular weight is 237 g/mol. The summed E-state index contributed by atoms with van der Waals surface area (Å²) >= 11 is 0. The maximum atomic E-state index is 11.7. The molecule has 1 rings (SSSR count). The van der Waals surface area contributed by atoms with Crippen molar-refractivity contribution in [3.05, 3.63) is 29.6 Å². The molecule has 0 aliphatic rings. The van der Waals surface area contributed by atoms with Gasteiger partial charge < -0.3 is 16.2 Å². The van der Waals surface area contributed by atoms with E-state index in [4.69, 9.17) is 16.2 Å². The van der Waals surface area contributed by atoms with Gasteiger partial charge in [-0.1, -0.05) is 6.07 Å². The van der Waals surface area contributed by atoms with Crippen LogP contribution in [0, 0.1) is 0 Å². The van der Waals surface area contributed by atoms with E-state index in [0.29, 0.717) is 12.1 Å². The van der Waals surface area contributed by atoms with Crippen molar-refractivity contribution in [3.63, 3.8) is 0 Å². The van der Waals surface area contributed by atoms with E-state index < -0.39 is 17.6 Å². The first-order chi connectivity index (χ1) is 7.83. The van der Waals surface area contributed by atoms with E-state index in [0.717, 1.165) is 5.69 Å². The molecule has 0 fully saturated rings. The van der Waals surface area contributed by atoms with Gasteiger partial charge in [-0.25, -0.2) is 4.79 Å². The molecule has 1 aromatic heterocycles. The van der Waals surface area contributed by atoms with Gasteiger partial charge in [-0.3, -0.25) is 4.98 Å². The lowest BCUT2D eigenvalue weighted by molar-refractivity contribution is -0.156. The van der Waals surface area contributed by atoms with Crippen molar-refractivity contribution in [1.82, 2.24) is 4.98 Å². The zero-order valence-electron chi connectivity index (χ0n) is 10.4. The van der Waals surface area contributed by atoms with Gasteiger partial charge in [-0.05, 0) is 32.4 Å². The summed E-state index contributed by atoms with van der Waals surface area (Å²) in [7, 11) is 0. The predicted octanol–water partition coefficient (Wildman–Crippen LogP) is 0.882. The van der Waals surface area contributed by atoms with E-state index >= 15 is 0 Å². The maximum absolute atomic E-state index is 11.7. The first kappa shape index (κ1) is 13.6.